The van der Waals surface area contributed by atoms with Gasteiger partial charge in [0.2, 0.25) is 6.29 Å². The molecule has 5 aromatic carbocycles. The van der Waals surface area contributed by atoms with Gasteiger partial charge in [-0.15, -0.1) is 0 Å². The molecule has 3 fully saturated rings. The second-order valence-corrected chi connectivity index (χ2v) is 23.0. The number of nitrogens with zero attached hydrogens (tertiary/aromatic N) is 2. The fourth-order valence-corrected chi connectivity index (χ4v) is 10.2. The average molecular weight is 1260 g/mol. The molecule has 15 atom stereocenters. The number of aliphatic imine (C=N–C) groups is 1. The van der Waals surface area contributed by atoms with Crippen LogP contribution in [0.25, 0.3) is 0 Å². The van der Waals surface area contributed by atoms with Crippen LogP contribution >= 0.6 is 0 Å². The number of carbonyl (C=O) groups is 3. The first kappa shape index (κ1) is 72.3. The molecule has 0 saturated carbocycles. The minimum Gasteiger partial charge on any atom is -0.453 e. The SMILES string of the molecule is CC1O[C@@H](OC(=Nc2ccccc2)C(F)(F)F)C(OC(=O)c2ccccc2)[C@@H](C)[C@H]1C.CC1O[C@@H](OCCCCCN(Cc2ccccc2)C(=O)OCc2ccccc2)C(OC(=O)c2ccccc2)[C@@H](C)[C@H]1C.CC1O[C@@H](OCCCCCN)C(O)[C@@H](O)[C@H]1O. The number of unbranched alkanes of at least 4 members (excludes halogenated alkanes) is 4. The fourth-order valence-electron chi connectivity index (χ4n) is 10.2. The van der Waals surface area contributed by atoms with Crippen molar-refractivity contribution < 1.29 is 85.5 Å². The minimum atomic E-state index is -4.86. The van der Waals surface area contributed by atoms with Crippen LogP contribution in [0.15, 0.2) is 157 Å². The normalized spacial score (nSPS) is 26.7. The van der Waals surface area contributed by atoms with E-state index in [1.54, 1.807) is 86.3 Å². The number of hydrogen-bond donors (Lipinski definition) is 4. The average Bonchev–Trinajstić information content (AvgIpc) is 1.05. The van der Waals surface area contributed by atoms with Crippen molar-refractivity contribution in [2.75, 3.05) is 26.3 Å². The van der Waals surface area contributed by atoms with Gasteiger partial charge in [-0.3, -0.25) is 0 Å². The Morgan fingerprint density at radius 2 is 0.956 bits per heavy atom. The van der Waals surface area contributed by atoms with Gasteiger partial charge in [-0.05, 0) is 125 Å². The summed E-state index contributed by atoms with van der Waals surface area (Å²) < 4.78 is 92.0. The highest BCUT2D eigenvalue weighted by molar-refractivity contribution is 5.90. The number of carbonyl (C=O) groups excluding carboxylic acids is 3. The van der Waals surface area contributed by atoms with Crippen LogP contribution in [0.3, 0.4) is 0 Å². The monoisotopic (exact) mass is 1260 g/mol. The number of alkyl halides is 3. The Kier molecular flexibility index (Phi) is 29.6. The molecule has 18 nitrogen and oxygen atoms in total. The van der Waals surface area contributed by atoms with Crippen LogP contribution in [0, 0.1) is 23.7 Å². The predicted molar refractivity (Wildman–Crippen MR) is 332 cm³/mol. The Bertz CT molecular complexity index is 2890. The first-order chi connectivity index (χ1) is 43.2. The number of aliphatic hydroxyl groups is 3. The quantitative estimate of drug-likeness (QED) is 0.0156. The molecule has 0 aromatic heterocycles. The van der Waals surface area contributed by atoms with Gasteiger partial charge in [-0.2, -0.15) is 13.2 Å². The lowest BCUT2D eigenvalue weighted by Crippen LogP contribution is -2.57. The summed E-state index contributed by atoms with van der Waals surface area (Å²) in [6, 6.07) is 44.5. The third-order valence-corrected chi connectivity index (χ3v) is 16.3. The van der Waals surface area contributed by atoms with E-state index >= 15 is 0 Å². The van der Waals surface area contributed by atoms with Crippen LogP contribution in [0.4, 0.5) is 23.7 Å². The number of amides is 1. The molecule has 8 rings (SSSR count). The van der Waals surface area contributed by atoms with Gasteiger partial charge in [0, 0.05) is 38.1 Å². The number of para-hydroxylation sites is 1. The summed E-state index contributed by atoms with van der Waals surface area (Å²) in [5.74, 6) is -2.58. The first-order valence-corrected chi connectivity index (χ1v) is 31.0. The van der Waals surface area contributed by atoms with Crippen LogP contribution in [0.1, 0.15) is 119 Å². The number of aliphatic hydroxyl groups excluding tert-OH is 3. The van der Waals surface area contributed by atoms with Crippen LogP contribution in [0.2, 0.25) is 0 Å². The van der Waals surface area contributed by atoms with E-state index in [0.717, 1.165) is 49.7 Å². The highest BCUT2D eigenvalue weighted by Gasteiger charge is 2.49. The van der Waals surface area contributed by atoms with Gasteiger partial charge >= 0.3 is 24.2 Å². The zero-order chi connectivity index (χ0) is 65.2. The molecule has 90 heavy (non-hydrogen) atoms. The van der Waals surface area contributed by atoms with Crippen molar-refractivity contribution in [2.24, 2.45) is 34.4 Å². The Labute approximate surface area is 526 Å². The Hall–Kier alpha value is -6.79. The molecule has 1 amide bonds. The summed E-state index contributed by atoms with van der Waals surface area (Å²) in [5.41, 5.74) is 8.25. The van der Waals surface area contributed by atoms with Crippen LogP contribution in [-0.2, 0) is 55.8 Å². The smallest absolute Gasteiger partial charge is 0.453 e. The van der Waals surface area contributed by atoms with E-state index in [2.05, 4.69) is 18.8 Å². The summed E-state index contributed by atoms with van der Waals surface area (Å²) in [6.07, 6.45) is -9.00. The summed E-state index contributed by atoms with van der Waals surface area (Å²) in [7, 11) is 0. The van der Waals surface area contributed by atoms with Crippen molar-refractivity contribution in [3.8, 4) is 0 Å². The van der Waals surface area contributed by atoms with E-state index in [1.165, 1.54) is 12.1 Å². The number of rotatable bonds is 23. The topological polar surface area (TPSA) is 237 Å². The molecule has 5 aromatic rings. The van der Waals surface area contributed by atoms with E-state index in [-0.39, 0.29) is 59.7 Å². The standard InChI is InChI=1S/C35H43NO6.C23H24F3NO4.C11H23NO5/c1-26-27(2)32(42-33(37)31-20-12-6-13-21-31)34(41-28(26)3)39-23-15-7-14-22-36(24-29-16-8-4-9-17-29)35(38)40-25-30-18-10-5-11-19-30;1-14-15(2)19(30-20(28)17-10-6-4-7-11-17)21(29-16(14)3)31-22(23(24,25)26)27-18-12-8-5-9-13-18;1-7-8(13)9(14)10(15)11(17-7)16-6-4-2-3-5-12/h4-6,8-13,16-21,26-28,32,34H,7,14-15,22-25H2,1-3H3;4-16,19,21H,1-3H3;7-11,13-15H,2-6,12H2,1H3/t26-,27+,28?,32?,34-;14-,15+,16?,19?,21+;7?,8-,9-,10?,11+/m110/s1. The van der Waals surface area contributed by atoms with Gasteiger partial charge in [0.1, 0.15) is 24.9 Å². The van der Waals surface area contributed by atoms with E-state index in [1.807, 2.05) is 92.7 Å². The number of esters is 2. The molecular formula is C69H90F3N3O15. The molecule has 492 valence electrons. The van der Waals surface area contributed by atoms with Gasteiger partial charge < -0.3 is 68.6 Å². The van der Waals surface area contributed by atoms with Crippen molar-refractivity contribution in [1.82, 2.24) is 4.90 Å². The molecular weight excluding hydrogens is 1170 g/mol. The molecule has 0 radical (unpaired) electrons. The lowest BCUT2D eigenvalue weighted by molar-refractivity contribution is -0.293. The lowest BCUT2D eigenvalue weighted by atomic mass is 9.84. The van der Waals surface area contributed by atoms with E-state index in [9.17, 15) is 42.9 Å². The Morgan fingerprint density at radius 1 is 0.511 bits per heavy atom. The number of hydrogen-bond acceptors (Lipinski definition) is 17. The molecule has 0 spiro atoms. The minimum absolute atomic E-state index is 0.00915. The maximum absolute atomic E-state index is 13.7. The largest absolute Gasteiger partial charge is 0.468 e. The zero-order valence-corrected chi connectivity index (χ0v) is 52.4. The maximum atomic E-state index is 13.7. The van der Waals surface area contributed by atoms with Gasteiger partial charge in [-0.25, -0.2) is 19.4 Å². The second kappa shape index (κ2) is 36.9. The lowest BCUT2D eigenvalue weighted by Gasteiger charge is -2.42. The second-order valence-electron chi connectivity index (χ2n) is 23.0. The number of halogens is 3. The first-order valence-electron chi connectivity index (χ1n) is 31.0. The summed E-state index contributed by atoms with van der Waals surface area (Å²) >= 11 is 0. The van der Waals surface area contributed by atoms with Gasteiger partial charge in [0.05, 0.1) is 35.1 Å². The van der Waals surface area contributed by atoms with Crippen molar-refractivity contribution in [3.63, 3.8) is 0 Å². The summed E-state index contributed by atoms with van der Waals surface area (Å²) in [5, 5.41) is 28.7. The van der Waals surface area contributed by atoms with Crippen molar-refractivity contribution in [2.45, 2.75) is 174 Å². The van der Waals surface area contributed by atoms with Crippen LogP contribution in [-0.4, -0.2) is 144 Å². The van der Waals surface area contributed by atoms with Crippen LogP contribution in [0.5, 0.6) is 0 Å². The maximum Gasteiger partial charge on any atom is 0.468 e. The van der Waals surface area contributed by atoms with Gasteiger partial charge in [-0.1, -0.05) is 143 Å². The highest BCUT2D eigenvalue weighted by Crippen LogP contribution is 2.37. The van der Waals surface area contributed by atoms with Gasteiger partial charge in [0.15, 0.2) is 24.8 Å². The highest BCUT2D eigenvalue weighted by atomic mass is 19.4. The van der Waals surface area contributed by atoms with Crippen molar-refractivity contribution in [1.29, 1.82) is 0 Å². The predicted octanol–water partition coefficient (Wildman–Crippen LogP) is 11.8. The number of benzene rings is 5. The van der Waals surface area contributed by atoms with Gasteiger partial charge in [0.25, 0.3) is 5.90 Å². The molecule has 0 aliphatic carbocycles. The van der Waals surface area contributed by atoms with E-state index in [4.69, 9.17) is 48.4 Å². The number of nitrogens with two attached hydrogens (primary N) is 1. The number of ether oxygens (including phenoxy) is 9. The molecule has 3 saturated heterocycles. The molecule has 0 bridgehead atoms. The van der Waals surface area contributed by atoms with Crippen molar-refractivity contribution >= 4 is 29.6 Å². The molecule has 3 aliphatic heterocycles. The molecule has 5 N–H and O–H groups in total. The summed E-state index contributed by atoms with van der Waals surface area (Å²) in [6.45, 7) is 16.2. The molecule has 21 heteroatoms. The third-order valence-electron chi connectivity index (χ3n) is 16.3. The molecule has 3 aliphatic rings. The molecule has 6 unspecified atom stereocenters. The zero-order valence-electron chi connectivity index (χ0n) is 52.4. The third kappa shape index (κ3) is 22.6. The summed E-state index contributed by atoms with van der Waals surface area (Å²) in [4.78, 5) is 43.7. The van der Waals surface area contributed by atoms with E-state index < -0.39 is 79.6 Å². The van der Waals surface area contributed by atoms with E-state index in [0.29, 0.717) is 38.4 Å². The van der Waals surface area contributed by atoms with Crippen LogP contribution < -0.4 is 5.73 Å². The Balaban J connectivity index is 0.000000235. The van der Waals surface area contributed by atoms with Crippen molar-refractivity contribution in [3.05, 3.63) is 174 Å². The fraction of sp³-hybridized carbons (Fsp3) is 0.507. The Morgan fingerprint density at radius 3 is 1.47 bits per heavy atom. The molecule has 3 heterocycles.